The minimum Gasteiger partial charge on any atom is -0.478 e. The molecule has 48 heavy (non-hydrogen) atoms. The van der Waals surface area contributed by atoms with Crippen LogP contribution in [0.5, 0.6) is 0 Å². The molecule has 0 amide bonds. The van der Waals surface area contributed by atoms with Gasteiger partial charge in [0.15, 0.2) is 0 Å². The second-order valence-electron chi connectivity index (χ2n) is 18.9. The van der Waals surface area contributed by atoms with Gasteiger partial charge in [-0.1, -0.05) is 39.0 Å². The smallest absolute Gasteiger partial charge is 0.328 e. The van der Waals surface area contributed by atoms with E-state index in [1.807, 2.05) is 6.08 Å². The molecule has 0 bridgehead atoms. The van der Waals surface area contributed by atoms with E-state index in [4.69, 9.17) is 0 Å². The SMILES string of the molecule is C=C(C)[C@@H]1CC[C@]2(CNCCCN3CCS(=C)(=O)CC3)CC[C@]3(C)[C@H](CC[C@@H]4[C@@]5(C)CCN(C/C=C/C(=O)O)C(C)(C)[C@@H]5CC[C@]43C)[C@@H]12. The lowest BCUT2D eigenvalue weighted by Gasteiger charge is -2.73. The van der Waals surface area contributed by atoms with Gasteiger partial charge >= 0.3 is 5.97 Å². The molecular weight excluding hydrogens is 615 g/mol. The van der Waals surface area contributed by atoms with Crippen molar-refractivity contribution in [1.29, 1.82) is 0 Å². The summed E-state index contributed by atoms with van der Waals surface area (Å²) >= 11 is 0. The predicted molar refractivity (Wildman–Crippen MR) is 202 cm³/mol. The molecule has 0 aromatic carbocycles. The van der Waals surface area contributed by atoms with Crippen LogP contribution in [0.3, 0.4) is 0 Å². The number of allylic oxidation sites excluding steroid dienone is 1. The first-order chi connectivity index (χ1) is 22.5. The molecule has 2 aliphatic heterocycles. The predicted octanol–water partition coefficient (Wildman–Crippen LogP) is 6.96. The minimum atomic E-state index is -1.82. The van der Waals surface area contributed by atoms with Crippen molar-refractivity contribution in [2.45, 2.75) is 111 Å². The molecule has 0 aromatic rings. The van der Waals surface area contributed by atoms with Crippen molar-refractivity contribution in [1.82, 2.24) is 15.1 Å². The van der Waals surface area contributed by atoms with Crippen LogP contribution in [-0.2, 0) is 14.3 Å². The molecule has 0 unspecified atom stereocenters. The quantitative estimate of drug-likeness (QED) is 0.112. The zero-order valence-electron chi connectivity index (χ0n) is 31.5. The van der Waals surface area contributed by atoms with Gasteiger partial charge in [0.1, 0.15) is 0 Å². The van der Waals surface area contributed by atoms with Crippen molar-refractivity contribution in [2.75, 3.05) is 57.3 Å². The molecule has 2 heterocycles. The number of piperidine rings is 1. The highest BCUT2D eigenvalue weighted by molar-refractivity contribution is 8.00. The number of rotatable bonds is 10. The van der Waals surface area contributed by atoms with Gasteiger partial charge in [-0.05, 0) is 171 Å². The molecule has 2 N–H and O–H groups in total. The summed E-state index contributed by atoms with van der Waals surface area (Å²) in [6, 6.07) is 0. The number of carboxylic acids is 1. The van der Waals surface area contributed by atoms with E-state index in [0.29, 0.717) is 33.5 Å². The van der Waals surface area contributed by atoms with Crippen LogP contribution in [-0.4, -0.2) is 93.8 Å². The third-order valence-electron chi connectivity index (χ3n) is 16.5. The number of hydrogen-bond acceptors (Lipinski definition) is 5. The van der Waals surface area contributed by atoms with E-state index in [0.717, 1.165) is 81.5 Å². The number of carboxylic acid groups (broad SMARTS) is 1. The third kappa shape index (κ3) is 6.11. The zero-order valence-corrected chi connectivity index (χ0v) is 32.3. The van der Waals surface area contributed by atoms with Crippen LogP contribution in [0.4, 0.5) is 0 Å². The van der Waals surface area contributed by atoms with Gasteiger partial charge in [-0.2, -0.15) is 0 Å². The lowest BCUT2D eigenvalue weighted by molar-refractivity contribution is -0.241. The molecule has 4 saturated carbocycles. The Labute approximate surface area is 293 Å². The molecule has 7 heteroatoms. The Bertz CT molecular complexity index is 1360. The van der Waals surface area contributed by atoms with Crippen molar-refractivity contribution in [3.8, 4) is 0 Å². The van der Waals surface area contributed by atoms with Gasteiger partial charge in [0.25, 0.3) is 0 Å². The van der Waals surface area contributed by atoms with Gasteiger partial charge in [0.2, 0.25) is 0 Å². The largest absolute Gasteiger partial charge is 0.478 e. The molecular formula is C41H69N3O3S. The monoisotopic (exact) mass is 684 g/mol. The zero-order chi connectivity index (χ0) is 34.8. The first-order valence-electron chi connectivity index (χ1n) is 19.5. The number of likely N-dealkylation sites (tertiary alicyclic amines) is 1. The van der Waals surface area contributed by atoms with E-state index < -0.39 is 15.5 Å². The number of nitrogens with one attached hydrogen (secondary N) is 1. The molecule has 0 radical (unpaired) electrons. The minimum absolute atomic E-state index is 0.0572. The maximum absolute atomic E-state index is 12.3. The fourth-order valence-corrected chi connectivity index (χ4v) is 15.1. The summed E-state index contributed by atoms with van der Waals surface area (Å²) in [6.45, 7) is 27.0. The Balaban J connectivity index is 1.17. The van der Waals surface area contributed by atoms with Crippen LogP contribution in [0, 0.1) is 51.2 Å². The van der Waals surface area contributed by atoms with Gasteiger partial charge in [0, 0.05) is 49.3 Å². The highest BCUT2D eigenvalue weighted by atomic mass is 32.2. The number of carbonyl (C=O) groups is 1. The van der Waals surface area contributed by atoms with Gasteiger partial charge in [-0.15, -0.1) is 0 Å². The number of nitrogens with zero attached hydrogens (tertiary/aromatic N) is 2. The second kappa shape index (κ2) is 13.1. The Morgan fingerprint density at radius 1 is 0.938 bits per heavy atom. The normalized spacial score (nSPS) is 44.0. The first kappa shape index (κ1) is 36.6. The maximum atomic E-state index is 12.3. The Morgan fingerprint density at radius 3 is 2.35 bits per heavy atom. The average Bonchev–Trinajstić information content (AvgIpc) is 3.39. The van der Waals surface area contributed by atoms with Crippen LogP contribution < -0.4 is 5.32 Å². The van der Waals surface area contributed by atoms with Crippen LogP contribution in [0.1, 0.15) is 106 Å². The fourth-order valence-electron chi connectivity index (χ4n) is 13.8. The summed E-state index contributed by atoms with van der Waals surface area (Å²) < 4.78 is 12.3. The summed E-state index contributed by atoms with van der Waals surface area (Å²) in [5.74, 6) is 8.12. The molecule has 6 fully saturated rings. The Hall–Kier alpha value is -1.15. The average molecular weight is 684 g/mol. The van der Waals surface area contributed by atoms with Crippen molar-refractivity contribution in [3.05, 3.63) is 24.3 Å². The van der Waals surface area contributed by atoms with Gasteiger partial charge in [-0.25, -0.2) is 4.79 Å². The number of aliphatic carboxylic acids is 1. The number of fused-ring (bicyclic) bond motifs is 7. The van der Waals surface area contributed by atoms with Gasteiger partial charge < -0.3 is 15.3 Å². The van der Waals surface area contributed by atoms with Gasteiger partial charge in [-0.3, -0.25) is 9.11 Å². The summed E-state index contributed by atoms with van der Waals surface area (Å²) in [7, 11) is -1.82. The summed E-state index contributed by atoms with van der Waals surface area (Å²) in [5, 5.41) is 13.2. The lowest BCUT2D eigenvalue weighted by atomic mass is 9.33. The highest BCUT2D eigenvalue weighted by Crippen LogP contribution is 2.76. The lowest BCUT2D eigenvalue weighted by Crippen LogP contribution is -2.69. The second-order valence-corrected chi connectivity index (χ2v) is 21.6. The Morgan fingerprint density at radius 2 is 1.67 bits per heavy atom. The topological polar surface area (TPSA) is 72.9 Å². The van der Waals surface area contributed by atoms with Gasteiger partial charge in [0.05, 0.1) is 0 Å². The van der Waals surface area contributed by atoms with E-state index in [9.17, 15) is 14.1 Å². The first-order valence-corrected chi connectivity index (χ1v) is 21.6. The molecule has 0 aromatic heterocycles. The highest BCUT2D eigenvalue weighted by Gasteiger charge is 2.70. The van der Waals surface area contributed by atoms with Crippen LogP contribution in [0.25, 0.3) is 0 Å². The fraction of sp³-hybridized carbons (Fsp3) is 0.854. The summed E-state index contributed by atoms with van der Waals surface area (Å²) in [6.07, 6.45) is 16.3. The Kier molecular flexibility index (Phi) is 10.0. The van der Waals surface area contributed by atoms with Crippen LogP contribution in [0.2, 0.25) is 0 Å². The maximum Gasteiger partial charge on any atom is 0.328 e. The molecule has 0 spiro atoms. The van der Waals surface area contributed by atoms with Crippen molar-refractivity contribution in [2.24, 2.45) is 51.2 Å². The van der Waals surface area contributed by atoms with E-state index in [1.165, 1.54) is 69.4 Å². The molecule has 2 saturated heterocycles. The van der Waals surface area contributed by atoms with E-state index in [1.54, 1.807) is 0 Å². The van der Waals surface area contributed by atoms with Crippen LogP contribution >= 0.6 is 0 Å². The van der Waals surface area contributed by atoms with E-state index in [2.05, 4.69) is 69.1 Å². The molecule has 272 valence electrons. The van der Waals surface area contributed by atoms with Crippen molar-refractivity contribution >= 4 is 21.4 Å². The molecule has 6 aliphatic rings. The van der Waals surface area contributed by atoms with Crippen molar-refractivity contribution in [3.63, 3.8) is 0 Å². The molecule has 4 aliphatic carbocycles. The summed E-state index contributed by atoms with van der Waals surface area (Å²) in [5.41, 5.74) is 2.88. The van der Waals surface area contributed by atoms with Crippen molar-refractivity contribution < 1.29 is 14.1 Å². The number of hydrogen-bond donors (Lipinski definition) is 2. The summed E-state index contributed by atoms with van der Waals surface area (Å²) in [4.78, 5) is 16.3. The third-order valence-corrected chi connectivity index (χ3v) is 18.4. The van der Waals surface area contributed by atoms with E-state index in [-0.39, 0.29) is 5.54 Å². The molecule has 9 atom stereocenters. The molecule has 6 rings (SSSR count). The van der Waals surface area contributed by atoms with E-state index >= 15 is 0 Å². The molecule has 6 nitrogen and oxygen atoms in total. The standard InChI is InChI=1S/C41H69N3O3S/c1-30(2)31-14-17-41(29-42-21-10-22-43-25-27-48(8,47)28-26-43)19-18-39(6)32(36(31)41)12-13-34-38(5)20-24-44(23-9-11-35(45)46)37(3,4)33(38)15-16-40(34,39)7/h9,11,31-34,36,42H,1,8,10,12-29H2,2-7H3,(H,45,46)/b11-9+/t31-,32+,33-,34+,36+,38-,39+,40+,41+/m0/s1. The van der Waals surface area contributed by atoms with Crippen LogP contribution in [0.15, 0.2) is 24.3 Å².